The number of carbonyl (C=O) groups excluding carboxylic acids is 1. The van der Waals surface area contributed by atoms with Crippen molar-refractivity contribution >= 4 is 33.0 Å². The molecule has 1 aromatic carbocycles. The van der Waals surface area contributed by atoms with Gasteiger partial charge in [0.15, 0.2) is 11.5 Å². The van der Waals surface area contributed by atoms with Crippen LogP contribution in [0.25, 0.3) is 0 Å². The number of sulfonamides is 1. The summed E-state index contributed by atoms with van der Waals surface area (Å²) in [6.45, 7) is 2.29. The van der Waals surface area contributed by atoms with Gasteiger partial charge in [0.2, 0.25) is 0 Å². The first kappa shape index (κ1) is 18.1. The van der Waals surface area contributed by atoms with Gasteiger partial charge in [0.1, 0.15) is 9.77 Å². The van der Waals surface area contributed by atoms with Gasteiger partial charge in [0.05, 0.1) is 26.5 Å². The van der Waals surface area contributed by atoms with Crippen molar-refractivity contribution in [3.05, 3.63) is 34.5 Å². The van der Waals surface area contributed by atoms with Crippen LogP contribution in [-0.2, 0) is 14.8 Å². The molecular weight excluding hydrogens is 354 g/mol. The second kappa shape index (κ2) is 7.54. The maximum absolute atomic E-state index is 12.5. The summed E-state index contributed by atoms with van der Waals surface area (Å²) in [4.78, 5) is 11.6. The minimum atomic E-state index is -3.94. The molecule has 0 saturated heterocycles. The molecule has 1 heterocycles. The highest BCUT2D eigenvalue weighted by molar-refractivity contribution is 7.93. The largest absolute Gasteiger partial charge is 0.493 e. The third kappa shape index (κ3) is 3.80. The summed E-state index contributed by atoms with van der Waals surface area (Å²) < 4.78 is 42.7. The monoisotopic (exact) mass is 371 g/mol. The van der Waals surface area contributed by atoms with Crippen LogP contribution in [0.15, 0.2) is 34.5 Å². The van der Waals surface area contributed by atoms with Crippen LogP contribution in [0.4, 0.5) is 5.69 Å². The van der Waals surface area contributed by atoms with Crippen LogP contribution < -0.4 is 14.2 Å². The fourth-order valence-corrected chi connectivity index (χ4v) is 4.35. The van der Waals surface area contributed by atoms with Crippen LogP contribution >= 0.6 is 11.3 Å². The van der Waals surface area contributed by atoms with Crippen molar-refractivity contribution in [1.82, 2.24) is 0 Å². The van der Waals surface area contributed by atoms with E-state index in [4.69, 9.17) is 9.47 Å². The molecule has 0 unspecified atom stereocenters. The standard InChI is InChI=1S/C15H17NO6S2/c1-4-22-11-6-5-10(9-12(11)20-2)16-24(18,19)13-7-8-23-14(13)15(17)21-3/h5-9,16H,4H2,1-3H3. The van der Waals surface area contributed by atoms with E-state index in [1.54, 1.807) is 12.1 Å². The molecule has 0 atom stereocenters. The summed E-state index contributed by atoms with van der Waals surface area (Å²) >= 11 is 0.998. The molecule has 7 nitrogen and oxygen atoms in total. The van der Waals surface area contributed by atoms with E-state index in [9.17, 15) is 13.2 Å². The Morgan fingerprint density at radius 1 is 1.21 bits per heavy atom. The van der Waals surface area contributed by atoms with Gasteiger partial charge in [-0.25, -0.2) is 13.2 Å². The molecule has 0 radical (unpaired) electrons. The average Bonchev–Trinajstić information content (AvgIpc) is 3.06. The molecule has 1 N–H and O–H groups in total. The lowest BCUT2D eigenvalue weighted by Crippen LogP contribution is -2.15. The van der Waals surface area contributed by atoms with Crippen molar-refractivity contribution in [1.29, 1.82) is 0 Å². The lowest BCUT2D eigenvalue weighted by Gasteiger charge is -2.12. The molecule has 1 aromatic heterocycles. The molecule has 0 aliphatic carbocycles. The van der Waals surface area contributed by atoms with Gasteiger partial charge in [0, 0.05) is 6.07 Å². The number of nitrogens with one attached hydrogen (secondary N) is 1. The highest BCUT2D eigenvalue weighted by Crippen LogP contribution is 2.32. The van der Waals surface area contributed by atoms with Crippen molar-refractivity contribution in [3.63, 3.8) is 0 Å². The van der Waals surface area contributed by atoms with E-state index in [0.29, 0.717) is 18.1 Å². The zero-order valence-electron chi connectivity index (χ0n) is 13.4. The van der Waals surface area contributed by atoms with E-state index >= 15 is 0 Å². The van der Waals surface area contributed by atoms with Crippen LogP contribution in [-0.4, -0.2) is 35.2 Å². The number of hydrogen-bond acceptors (Lipinski definition) is 7. The van der Waals surface area contributed by atoms with E-state index in [1.807, 2.05) is 6.92 Å². The average molecular weight is 371 g/mol. The summed E-state index contributed by atoms with van der Waals surface area (Å²) in [7, 11) is -1.28. The van der Waals surface area contributed by atoms with Gasteiger partial charge < -0.3 is 14.2 Å². The van der Waals surface area contributed by atoms with Crippen molar-refractivity contribution in [2.45, 2.75) is 11.8 Å². The van der Waals surface area contributed by atoms with Crippen molar-refractivity contribution in [2.75, 3.05) is 25.5 Å². The summed E-state index contributed by atoms with van der Waals surface area (Å²) in [5.41, 5.74) is 0.289. The summed E-state index contributed by atoms with van der Waals surface area (Å²) in [6.07, 6.45) is 0. The third-order valence-electron chi connectivity index (χ3n) is 3.01. The quantitative estimate of drug-likeness (QED) is 0.753. The summed E-state index contributed by atoms with van der Waals surface area (Å²) in [5.74, 6) is 0.207. The predicted molar refractivity (Wildman–Crippen MR) is 90.6 cm³/mol. The maximum Gasteiger partial charge on any atom is 0.349 e. The fraction of sp³-hybridized carbons (Fsp3) is 0.267. The molecule has 0 saturated carbocycles. The lowest BCUT2D eigenvalue weighted by atomic mass is 10.3. The van der Waals surface area contributed by atoms with Crippen LogP contribution in [0, 0.1) is 0 Å². The summed E-state index contributed by atoms with van der Waals surface area (Å²) in [6, 6.07) is 6.02. The van der Waals surface area contributed by atoms with Gasteiger partial charge in [-0.1, -0.05) is 0 Å². The van der Waals surface area contributed by atoms with E-state index in [-0.39, 0.29) is 15.5 Å². The number of ether oxygens (including phenoxy) is 3. The zero-order chi connectivity index (χ0) is 17.7. The molecule has 0 aliphatic heterocycles. The highest BCUT2D eigenvalue weighted by Gasteiger charge is 2.25. The second-order valence-corrected chi connectivity index (χ2v) is 7.08. The Hall–Kier alpha value is -2.26. The Kier molecular flexibility index (Phi) is 5.68. The Morgan fingerprint density at radius 2 is 1.96 bits per heavy atom. The first-order valence-electron chi connectivity index (χ1n) is 6.92. The Balaban J connectivity index is 2.33. The molecule has 0 bridgehead atoms. The second-order valence-electron chi connectivity index (χ2n) is 4.51. The van der Waals surface area contributed by atoms with Crippen LogP contribution in [0.2, 0.25) is 0 Å². The Morgan fingerprint density at radius 3 is 2.58 bits per heavy atom. The molecule has 130 valence electrons. The van der Waals surface area contributed by atoms with Gasteiger partial charge in [-0.2, -0.15) is 0 Å². The number of anilines is 1. The molecular formula is C15H17NO6S2. The first-order chi connectivity index (χ1) is 11.4. The molecule has 24 heavy (non-hydrogen) atoms. The van der Waals surface area contributed by atoms with Gasteiger partial charge in [-0.05, 0) is 30.5 Å². The number of methoxy groups -OCH3 is 2. The van der Waals surface area contributed by atoms with Gasteiger partial charge >= 0.3 is 5.97 Å². The molecule has 0 fully saturated rings. The maximum atomic E-state index is 12.5. The van der Waals surface area contributed by atoms with Gasteiger partial charge in [-0.15, -0.1) is 11.3 Å². The smallest absolute Gasteiger partial charge is 0.349 e. The number of rotatable bonds is 7. The minimum absolute atomic E-state index is 0.0166. The number of carbonyl (C=O) groups is 1. The molecule has 9 heteroatoms. The van der Waals surface area contributed by atoms with Gasteiger partial charge in [0.25, 0.3) is 10.0 Å². The third-order valence-corrected chi connectivity index (χ3v) is 5.45. The van der Waals surface area contributed by atoms with E-state index in [2.05, 4.69) is 9.46 Å². The molecule has 0 amide bonds. The first-order valence-corrected chi connectivity index (χ1v) is 9.28. The van der Waals surface area contributed by atoms with Crippen molar-refractivity contribution in [2.24, 2.45) is 0 Å². The Bertz CT molecular complexity index is 828. The molecule has 2 rings (SSSR count). The van der Waals surface area contributed by atoms with Crippen molar-refractivity contribution < 1.29 is 27.4 Å². The number of thiophene rings is 1. The van der Waals surface area contributed by atoms with Crippen LogP contribution in [0.5, 0.6) is 11.5 Å². The van der Waals surface area contributed by atoms with E-state index < -0.39 is 16.0 Å². The lowest BCUT2D eigenvalue weighted by molar-refractivity contribution is 0.0602. The predicted octanol–water partition coefficient (Wildman–Crippen LogP) is 2.74. The highest BCUT2D eigenvalue weighted by atomic mass is 32.2. The van der Waals surface area contributed by atoms with Crippen molar-refractivity contribution in [3.8, 4) is 11.5 Å². The van der Waals surface area contributed by atoms with E-state index in [0.717, 1.165) is 11.3 Å². The van der Waals surface area contributed by atoms with Crippen LogP contribution in [0.3, 0.4) is 0 Å². The number of esters is 1. The number of hydrogen-bond donors (Lipinski definition) is 1. The summed E-state index contributed by atoms with van der Waals surface area (Å²) in [5, 5.41) is 1.51. The molecule has 0 aliphatic rings. The van der Waals surface area contributed by atoms with Gasteiger partial charge in [-0.3, -0.25) is 4.72 Å². The normalized spacial score (nSPS) is 11.0. The molecule has 0 spiro atoms. The molecule has 2 aromatic rings. The number of benzene rings is 1. The zero-order valence-corrected chi connectivity index (χ0v) is 15.0. The minimum Gasteiger partial charge on any atom is -0.493 e. The van der Waals surface area contributed by atoms with E-state index in [1.165, 1.54) is 31.7 Å². The Labute approximate surface area is 144 Å². The SMILES string of the molecule is CCOc1ccc(NS(=O)(=O)c2ccsc2C(=O)OC)cc1OC. The fourth-order valence-electron chi connectivity index (χ4n) is 1.97. The topological polar surface area (TPSA) is 90.9 Å². The van der Waals surface area contributed by atoms with Crippen LogP contribution in [0.1, 0.15) is 16.6 Å².